The van der Waals surface area contributed by atoms with Gasteiger partial charge in [-0.1, -0.05) is 30.3 Å². The molecule has 2 saturated heterocycles. The highest BCUT2D eigenvalue weighted by Crippen LogP contribution is 2.39. The van der Waals surface area contributed by atoms with Gasteiger partial charge in [-0.3, -0.25) is 4.90 Å². The first-order valence-electron chi connectivity index (χ1n) is 8.69. The minimum absolute atomic E-state index is 0.449. The fourth-order valence-corrected chi connectivity index (χ4v) is 4.95. The molecule has 2 fully saturated rings. The number of aromatic nitrogens is 1. The largest absolute Gasteiger partial charge is 0.306 e. The van der Waals surface area contributed by atoms with Gasteiger partial charge < -0.3 is 4.90 Å². The Balaban J connectivity index is 1.49. The summed E-state index contributed by atoms with van der Waals surface area (Å²) in [5.74, 6) is 0. The van der Waals surface area contributed by atoms with Gasteiger partial charge in [-0.2, -0.15) is 0 Å². The van der Waals surface area contributed by atoms with Crippen LogP contribution in [0.1, 0.15) is 30.7 Å². The quantitative estimate of drug-likeness (QED) is 0.853. The SMILES string of the molecule is CN1CCC2(CCCN2Cc2nc(-c3ccccc3)cs2)CC1. The normalized spacial score (nSPS) is 22.0. The van der Waals surface area contributed by atoms with Crippen LogP contribution in [-0.2, 0) is 6.54 Å². The Morgan fingerprint density at radius 1 is 1.09 bits per heavy atom. The number of hydrogen-bond acceptors (Lipinski definition) is 4. The molecule has 122 valence electrons. The first kappa shape index (κ1) is 15.3. The average Bonchev–Trinajstić information content (AvgIpc) is 3.20. The van der Waals surface area contributed by atoms with Gasteiger partial charge in [0.25, 0.3) is 0 Å². The van der Waals surface area contributed by atoms with Crippen molar-refractivity contribution in [1.29, 1.82) is 0 Å². The molecule has 1 aromatic carbocycles. The van der Waals surface area contributed by atoms with Crippen molar-refractivity contribution in [2.75, 3.05) is 26.7 Å². The zero-order valence-corrected chi connectivity index (χ0v) is 14.7. The lowest BCUT2D eigenvalue weighted by Gasteiger charge is -2.44. The van der Waals surface area contributed by atoms with Crippen molar-refractivity contribution >= 4 is 11.3 Å². The topological polar surface area (TPSA) is 19.4 Å². The van der Waals surface area contributed by atoms with Crippen LogP contribution < -0.4 is 0 Å². The van der Waals surface area contributed by atoms with E-state index < -0.39 is 0 Å². The van der Waals surface area contributed by atoms with Crippen LogP contribution >= 0.6 is 11.3 Å². The standard InChI is InChI=1S/C19H25N3S/c1-21-12-9-19(10-13-21)8-5-11-22(19)14-18-20-17(15-23-18)16-6-3-2-4-7-16/h2-4,6-7,15H,5,8-14H2,1H3. The smallest absolute Gasteiger partial charge is 0.107 e. The molecule has 3 heterocycles. The van der Waals surface area contributed by atoms with Gasteiger partial charge in [0, 0.05) is 16.5 Å². The molecule has 0 unspecified atom stereocenters. The summed E-state index contributed by atoms with van der Waals surface area (Å²) in [6, 6.07) is 10.5. The molecule has 4 rings (SSSR count). The van der Waals surface area contributed by atoms with E-state index in [1.165, 1.54) is 55.9 Å². The first-order valence-corrected chi connectivity index (χ1v) is 9.57. The molecule has 3 nitrogen and oxygen atoms in total. The second kappa shape index (κ2) is 6.34. The van der Waals surface area contributed by atoms with Gasteiger partial charge in [-0.15, -0.1) is 11.3 Å². The summed E-state index contributed by atoms with van der Waals surface area (Å²) in [5.41, 5.74) is 2.80. The van der Waals surface area contributed by atoms with Crippen LogP contribution in [0.3, 0.4) is 0 Å². The predicted molar refractivity (Wildman–Crippen MR) is 96.7 cm³/mol. The Morgan fingerprint density at radius 3 is 2.65 bits per heavy atom. The summed E-state index contributed by atoms with van der Waals surface area (Å²) in [6.07, 6.45) is 5.36. The molecule has 1 aromatic heterocycles. The summed E-state index contributed by atoms with van der Waals surface area (Å²) in [7, 11) is 2.25. The molecule has 0 saturated carbocycles. The molecule has 0 radical (unpaired) electrons. The molecular formula is C19H25N3S. The zero-order chi connectivity index (χ0) is 15.7. The second-order valence-electron chi connectivity index (χ2n) is 7.05. The molecule has 0 amide bonds. The molecule has 2 aliphatic heterocycles. The molecule has 1 spiro atoms. The van der Waals surface area contributed by atoms with Crippen molar-refractivity contribution < 1.29 is 0 Å². The fourth-order valence-electron chi connectivity index (χ4n) is 4.13. The highest BCUT2D eigenvalue weighted by molar-refractivity contribution is 7.09. The summed E-state index contributed by atoms with van der Waals surface area (Å²) >= 11 is 1.82. The number of piperidine rings is 1. The van der Waals surface area contributed by atoms with Gasteiger partial charge in [-0.05, 0) is 52.4 Å². The average molecular weight is 327 g/mol. The minimum atomic E-state index is 0.449. The van der Waals surface area contributed by atoms with E-state index in [0.29, 0.717) is 5.54 Å². The van der Waals surface area contributed by atoms with E-state index in [1.807, 2.05) is 11.3 Å². The van der Waals surface area contributed by atoms with E-state index in [-0.39, 0.29) is 0 Å². The lowest BCUT2D eigenvalue weighted by Crippen LogP contribution is -2.50. The number of thiazole rings is 1. The van der Waals surface area contributed by atoms with Gasteiger partial charge in [-0.25, -0.2) is 4.98 Å². The molecule has 0 N–H and O–H groups in total. The van der Waals surface area contributed by atoms with E-state index >= 15 is 0 Å². The van der Waals surface area contributed by atoms with E-state index in [0.717, 1.165) is 12.2 Å². The maximum absolute atomic E-state index is 4.90. The Bertz CT molecular complexity index is 644. The Labute approximate surface area is 143 Å². The third-order valence-corrected chi connectivity index (χ3v) is 6.44. The van der Waals surface area contributed by atoms with E-state index in [4.69, 9.17) is 4.98 Å². The number of hydrogen-bond donors (Lipinski definition) is 0. The van der Waals surface area contributed by atoms with Crippen LogP contribution in [0.15, 0.2) is 35.7 Å². The summed E-state index contributed by atoms with van der Waals surface area (Å²) < 4.78 is 0. The van der Waals surface area contributed by atoms with E-state index in [2.05, 4.69) is 52.6 Å². The second-order valence-corrected chi connectivity index (χ2v) is 7.99. The van der Waals surface area contributed by atoms with E-state index in [1.54, 1.807) is 0 Å². The van der Waals surface area contributed by atoms with Crippen molar-refractivity contribution in [3.8, 4) is 11.3 Å². The zero-order valence-electron chi connectivity index (χ0n) is 13.9. The first-order chi connectivity index (χ1) is 11.3. The lowest BCUT2D eigenvalue weighted by molar-refractivity contribution is 0.0568. The Hall–Kier alpha value is -1.23. The molecule has 23 heavy (non-hydrogen) atoms. The fraction of sp³-hybridized carbons (Fsp3) is 0.526. The third-order valence-electron chi connectivity index (χ3n) is 5.61. The maximum Gasteiger partial charge on any atom is 0.107 e. The highest BCUT2D eigenvalue weighted by Gasteiger charge is 2.42. The number of benzene rings is 1. The Morgan fingerprint density at radius 2 is 1.87 bits per heavy atom. The van der Waals surface area contributed by atoms with Gasteiger partial charge >= 0.3 is 0 Å². The van der Waals surface area contributed by atoms with Crippen LogP contribution in [0.2, 0.25) is 0 Å². The molecule has 0 atom stereocenters. The maximum atomic E-state index is 4.90. The van der Waals surface area contributed by atoms with Crippen LogP contribution in [-0.4, -0.2) is 47.0 Å². The predicted octanol–water partition coefficient (Wildman–Crippen LogP) is 3.87. The summed E-state index contributed by atoms with van der Waals surface area (Å²) in [5, 5.41) is 3.48. The molecule has 0 aliphatic carbocycles. The van der Waals surface area contributed by atoms with E-state index in [9.17, 15) is 0 Å². The van der Waals surface area contributed by atoms with Gasteiger partial charge in [0.15, 0.2) is 0 Å². The van der Waals surface area contributed by atoms with Crippen molar-refractivity contribution in [3.05, 3.63) is 40.7 Å². The van der Waals surface area contributed by atoms with Crippen LogP contribution in [0.5, 0.6) is 0 Å². The molecule has 2 aliphatic rings. The van der Waals surface area contributed by atoms with Crippen LogP contribution in [0.25, 0.3) is 11.3 Å². The van der Waals surface area contributed by atoms with Crippen molar-refractivity contribution in [2.24, 2.45) is 0 Å². The third kappa shape index (κ3) is 3.08. The van der Waals surface area contributed by atoms with Gasteiger partial charge in [0.2, 0.25) is 0 Å². The van der Waals surface area contributed by atoms with Gasteiger partial charge in [0.1, 0.15) is 5.01 Å². The molecule has 4 heteroatoms. The lowest BCUT2D eigenvalue weighted by atomic mass is 9.85. The Kier molecular flexibility index (Phi) is 4.22. The summed E-state index contributed by atoms with van der Waals surface area (Å²) in [4.78, 5) is 10.1. The number of rotatable bonds is 3. The molecular weight excluding hydrogens is 302 g/mol. The minimum Gasteiger partial charge on any atom is -0.306 e. The van der Waals surface area contributed by atoms with Crippen LogP contribution in [0.4, 0.5) is 0 Å². The van der Waals surface area contributed by atoms with Crippen molar-refractivity contribution in [3.63, 3.8) is 0 Å². The van der Waals surface area contributed by atoms with Gasteiger partial charge in [0.05, 0.1) is 12.2 Å². The van der Waals surface area contributed by atoms with Crippen LogP contribution in [0, 0.1) is 0 Å². The van der Waals surface area contributed by atoms with Crippen molar-refractivity contribution in [1.82, 2.24) is 14.8 Å². The van der Waals surface area contributed by atoms with Crippen molar-refractivity contribution in [2.45, 2.75) is 37.8 Å². The highest BCUT2D eigenvalue weighted by atomic mass is 32.1. The molecule has 0 bridgehead atoms. The number of nitrogens with zero attached hydrogens (tertiary/aromatic N) is 3. The molecule has 2 aromatic rings. The summed E-state index contributed by atoms with van der Waals surface area (Å²) in [6.45, 7) is 4.75. The number of likely N-dealkylation sites (tertiary alicyclic amines) is 2. The monoisotopic (exact) mass is 327 g/mol.